The lowest BCUT2D eigenvalue weighted by atomic mass is 10.2. The Balaban J connectivity index is 3.60. The molecule has 0 aromatic rings. The Morgan fingerprint density at radius 1 is 1.12 bits per heavy atom. The van der Waals surface area contributed by atoms with Crippen molar-refractivity contribution >= 4 is 15.6 Å². The molecule has 0 aromatic carbocycles. The maximum atomic E-state index is 11.0. The van der Waals surface area contributed by atoms with E-state index in [0.29, 0.717) is 13.3 Å². The van der Waals surface area contributed by atoms with Crippen LogP contribution in [0.5, 0.6) is 0 Å². The Morgan fingerprint density at radius 2 is 1.75 bits per heavy atom. The minimum Gasteiger partial charge on any atom is -0.302 e. The van der Waals surface area contributed by atoms with Crippen LogP contribution in [0.25, 0.3) is 0 Å². The first-order valence-corrected chi connectivity index (χ1v) is 7.83. The molecule has 0 aliphatic heterocycles. The van der Waals surface area contributed by atoms with E-state index >= 15 is 0 Å². The maximum Gasteiger partial charge on any atom is 0.481 e. The number of phosphoric acid groups is 2. The molecule has 0 fully saturated rings. The van der Waals surface area contributed by atoms with Crippen LogP contribution in [-0.2, 0) is 18.0 Å². The Bertz CT molecular complexity index is 292. The lowest BCUT2D eigenvalue weighted by Crippen LogP contribution is -1.96. The summed E-state index contributed by atoms with van der Waals surface area (Å²) in [6.07, 6.45) is 3.88. The number of rotatable bonds is 9. The monoisotopic (exact) mass is 277 g/mol. The molecule has 7 nitrogen and oxygen atoms in total. The average molecular weight is 277 g/mol. The molecule has 98 valence electrons. The van der Waals surface area contributed by atoms with Crippen molar-refractivity contribution in [3.05, 3.63) is 0 Å². The van der Waals surface area contributed by atoms with Gasteiger partial charge in [0.2, 0.25) is 0 Å². The molecule has 3 N–H and O–H groups in total. The van der Waals surface area contributed by atoms with Gasteiger partial charge in [0.25, 0.3) is 0 Å². The topological polar surface area (TPSA) is 113 Å². The predicted octanol–water partition coefficient (Wildman–Crippen LogP) is 2.18. The zero-order valence-electron chi connectivity index (χ0n) is 9.82. The third-order valence-corrected chi connectivity index (χ3v) is 3.79. The molecule has 0 spiro atoms. The van der Waals surface area contributed by atoms with Crippen LogP contribution >= 0.6 is 15.6 Å². The molecule has 0 amide bonds. The van der Waals surface area contributed by atoms with Gasteiger partial charge < -0.3 is 14.7 Å². The van der Waals surface area contributed by atoms with Crippen molar-refractivity contribution < 1.29 is 34.0 Å². The zero-order valence-corrected chi connectivity index (χ0v) is 10.6. The van der Waals surface area contributed by atoms with Gasteiger partial charge in [-0.3, -0.25) is 4.52 Å². The summed E-state index contributed by atoms with van der Waals surface area (Å²) in [6.45, 7) is 0.285. The minimum absolute atomic E-state index is 0.103. The highest BCUT2D eigenvalue weighted by atomic mass is 31.3. The van der Waals surface area contributed by atoms with Crippen molar-refractivity contribution in [2.24, 2.45) is 0 Å². The predicted molar refractivity (Wildman–Crippen MR) is 57.7 cm³/mol. The molecular formula is C7H18O7P2. The van der Waals surface area contributed by atoms with E-state index in [2.05, 4.69) is 8.83 Å². The third-order valence-electron chi connectivity index (χ3n) is 1.61. The summed E-state index contributed by atoms with van der Waals surface area (Å²) in [5.41, 5.74) is 0. The third kappa shape index (κ3) is 10.8. The van der Waals surface area contributed by atoms with Crippen molar-refractivity contribution in [3.8, 4) is 0 Å². The summed E-state index contributed by atoms with van der Waals surface area (Å²) >= 11 is 0. The van der Waals surface area contributed by atoms with Crippen molar-refractivity contribution in [2.75, 3.05) is 6.61 Å². The van der Waals surface area contributed by atoms with Gasteiger partial charge in [0.05, 0.1) is 6.61 Å². The smallest absolute Gasteiger partial charge is 0.302 e. The molecule has 1 unspecified atom stereocenters. The van der Waals surface area contributed by atoms with Crippen LogP contribution < -0.4 is 0 Å². The highest BCUT2D eigenvalue weighted by molar-refractivity contribution is 7.60. The second-order valence-corrected chi connectivity index (χ2v) is 5.97. The summed E-state index contributed by atoms with van der Waals surface area (Å²) in [5.74, 6) is 0. The number of hydrogen-bond acceptors (Lipinski definition) is 4. The molecule has 9 heteroatoms. The standard InChI is InChI=1S/C7H18O7P2/c1-2-3-4-5-6-7-13-16(11,12)14-15(8,9)10/h2-7H2,1H3,(H,11,12)(H2,8,9,10)/i1D. The molecule has 1 atom stereocenters. The molecule has 0 aliphatic rings. The van der Waals surface area contributed by atoms with Crippen molar-refractivity contribution in [1.29, 1.82) is 0 Å². The summed E-state index contributed by atoms with van der Waals surface area (Å²) < 4.78 is 36.1. The Morgan fingerprint density at radius 3 is 2.31 bits per heavy atom. The van der Waals surface area contributed by atoms with Crippen LogP contribution in [0.1, 0.15) is 40.4 Å². The molecular weight excluding hydrogens is 258 g/mol. The van der Waals surface area contributed by atoms with Gasteiger partial charge in [0.1, 0.15) is 0 Å². The summed E-state index contributed by atoms with van der Waals surface area (Å²) in [7, 11) is -9.69. The fourth-order valence-corrected chi connectivity index (χ4v) is 2.59. The first kappa shape index (κ1) is 14.3. The Hall–Kier alpha value is 0.260. The number of phosphoric ester groups is 1. The van der Waals surface area contributed by atoms with Gasteiger partial charge >= 0.3 is 15.6 Å². The fraction of sp³-hybridized carbons (Fsp3) is 1.00. The Labute approximate surface area is 96.0 Å². The lowest BCUT2D eigenvalue weighted by Gasteiger charge is -2.11. The molecule has 16 heavy (non-hydrogen) atoms. The average Bonchev–Trinajstić information content (AvgIpc) is 2.12. The first-order chi connectivity index (χ1) is 7.77. The van der Waals surface area contributed by atoms with E-state index in [0.717, 1.165) is 25.7 Å². The van der Waals surface area contributed by atoms with Gasteiger partial charge in [-0.2, -0.15) is 4.31 Å². The van der Waals surface area contributed by atoms with E-state index in [-0.39, 0.29) is 6.61 Å². The molecule has 0 aliphatic carbocycles. The highest BCUT2D eigenvalue weighted by Crippen LogP contribution is 2.57. The molecule has 0 saturated heterocycles. The quantitative estimate of drug-likeness (QED) is 0.437. The van der Waals surface area contributed by atoms with E-state index in [1.165, 1.54) is 0 Å². The number of hydrogen-bond donors (Lipinski definition) is 3. The largest absolute Gasteiger partial charge is 0.481 e. The molecule has 0 saturated carbocycles. The van der Waals surface area contributed by atoms with Gasteiger partial charge in [0.15, 0.2) is 0 Å². The zero-order chi connectivity index (χ0) is 13.4. The molecule has 0 heterocycles. The molecule has 0 aromatic heterocycles. The van der Waals surface area contributed by atoms with Crippen molar-refractivity contribution in [2.45, 2.75) is 39.0 Å². The SMILES string of the molecule is [2H]CCCCCCCOP(=O)(O)OP(=O)(O)O. The van der Waals surface area contributed by atoms with Crippen molar-refractivity contribution in [3.63, 3.8) is 0 Å². The van der Waals surface area contributed by atoms with Gasteiger partial charge in [-0.05, 0) is 6.42 Å². The summed E-state index contributed by atoms with van der Waals surface area (Å²) in [6, 6.07) is 0. The molecule has 0 rings (SSSR count). The van der Waals surface area contributed by atoms with Gasteiger partial charge in [-0.25, -0.2) is 9.13 Å². The van der Waals surface area contributed by atoms with E-state index in [1.807, 2.05) is 0 Å². The lowest BCUT2D eigenvalue weighted by molar-refractivity contribution is 0.176. The van der Waals surface area contributed by atoms with E-state index < -0.39 is 15.6 Å². The second kappa shape index (κ2) is 7.56. The van der Waals surface area contributed by atoms with Crippen LogP contribution in [0, 0.1) is 0 Å². The van der Waals surface area contributed by atoms with E-state index in [1.54, 1.807) is 0 Å². The molecule has 0 bridgehead atoms. The summed E-state index contributed by atoms with van der Waals surface area (Å²) in [4.78, 5) is 25.5. The first-order valence-electron chi connectivity index (χ1n) is 5.51. The van der Waals surface area contributed by atoms with Gasteiger partial charge in [-0.1, -0.05) is 32.6 Å². The van der Waals surface area contributed by atoms with Gasteiger partial charge in [0, 0.05) is 1.37 Å². The van der Waals surface area contributed by atoms with Crippen LogP contribution in [0.3, 0.4) is 0 Å². The Kier molecular flexibility index (Phi) is 6.77. The number of unbranched alkanes of at least 4 members (excludes halogenated alkanes) is 4. The normalized spacial score (nSPS) is 16.8. The van der Waals surface area contributed by atoms with Gasteiger partial charge in [-0.15, -0.1) is 0 Å². The van der Waals surface area contributed by atoms with Crippen LogP contribution in [0.2, 0.25) is 0 Å². The van der Waals surface area contributed by atoms with E-state index in [9.17, 15) is 9.13 Å². The second-order valence-electron chi connectivity index (χ2n) is 3.14. The van der Waals surface area contributed by atoms with Crippen LogP contribution in [0.4, 0.5) is 0 Å². The maximum absolute atomic E-state index is 11.0. The fourth-order valence-electron chi connectivity index (χ4n) is 0.970. The van der Waals surface area contributed by atoms with Crippen molar-refractivity contribution in [1.82, 2.24) is 0 Å². The highest BCUT2D eigenvalue weighted by Gasteiger charge is 2.31. The summed E-state index contributed by atoms with van der Waals surface area (Å²) in [5, 5.41) is 0. The van der Waals surface area contributed by atoms with E-state index in [4.69, 9.17) is 16.1 Å². The van der Waals surface area contributed by atoms with Crippen LogP contribution in [-0.4, -0.2) is 21.3 Å². The minimum atomic E-state index is -5.02. The van der Waals surface area contributed by atoms with Crippen LogP contribution in [0.15, 0.2) is 0 Å². The molecule has 0 radical (unpaired) electrons.